The number of piperidine rings is 1. The standard InChI is InChI=1S/C18H35N3O2/c1-2-21-11-6-7-15(14-21)13-19-18(23)20-17(10-12-22)16-8-4-3-5-9-16/h15-17,22H,2-14H2,1H3,(H2,19,20,23). The Morgan fingerprint density at radius 1 is 1.22 bits per heavy atom. The summed E-state index contributed by atoms with van der Waals surface area (Å²) in [4.78, 5) is 14.7. The summed E-state index contributed by atoms with van der Waals surface area (Å²) >= 11 is 0. The van der Waals surface area contributed by atoms with Crippen LogP contribution in [0.4, 0.5) is 4.79 Å². The van der Waals surface area contributed by atoms with Gasteiger partial charge in [-0.1, -0.05) is 26.2 Å². The van der Waals surface area contributed by atoms with Crippen LogP contribution in [0.25, 0.3) is 0 Å². The summed E-state index contributed by atoms with van der Waals surface area (Å²) < 4.78 is 0. The van der Waals surface area contributed by atoms with E-state index in [2.05, 4.69) is 22.5 Å². The highest BCUT2D eigenvalue weighted by atomic mass is 16.3. The fraction of sp³-hybridized carbons (Fsp3) is 0.944. The molecule has 1 heterocycles. The van der Waals surface area contributed by atoms with Gasteiger partial charge in [0.05, 0.1) is 0 Å². The fourth-order valence-electron chi connectivity index (χ4n) is 4.16. The predicted molar refractivity (Wildman–Crippen MR) is 93.4 cm³/mol. The number of hydrogen-bond acceptors (Lipinski definition) is 3. The van der Waals surface area contributed by atoms with Crippen molar-refractivity contribution in [3.8, 4) is 0 Å². The molecule has 2 aliphatic rings. The van der Waals surface area contributed by atoms with E-state index in [9.17, 15) is 9.90 Å². The molecule has 5 heteroatoms. The lowest BCUT2D eigenvalue weighted by atomic mass is 9.83. The molecule has 0 aromatic carbocycles. The number of amides is 2. The first-order chi connectivity index (χ1) is 11.2. The molecule has 0 radical (unpaired) electrons. The van der Waals surface area contributed by atoms with Gasteiger partial charge < -0.3 is 20.6 Å². The molecule has 1 aliphatic carbocycles. The minimum Gasteiger partial charge on any atom is -0.396 e. The van der Waals surface area contributed by atoms with Gasteiger partial charge in [-0.25, -0.2) is 4.79 Å². The van der Waals surface area contributed by atoms with Crippen molar-refractivity contribution in [1.29, 1.82) is 0 Å². The average Bonchev–Trinajstić information content (AvgIpc) is 2.60. The van der Waals surface area contributed by atoms with Gasteiger partial charge in [-0.15, -0.1) is 0 Å². The van der Waals surface area contributed by atoms with Crippen molar-refractivity contribution in [3.05, 3.63) is 0 Å². The molecule has 2 rings (SSSR count). The molecule has 1 saturated carbocycles. The number of likely N-dealkylation sites (tertiary alicyclic amines) is 1. The molecule has 134 valence electrons. The van der Waals surface area contributed by atoms with E-state index in [0.717, 1.165) is 19.6 Å². The van der Waals surface area contributed by atoms with Crippen LogP contribution in [0, 0.1) is 11.8 Å². The van der Waals surface area contributed by atoms with Crippen LogP contribution in [0.15, 0.2) is 0 Å². The van der Waals surface area contributed by atoms with Crippen LogP contribution in [-0.4, -0.2) is 54.9 Å². The molecule has 2 amide bonds. The van der Waals surface area contributed by atoms with Gasteiger partial charge in [0, 0.05) is 25.7 Å². The van der Waals surface area contributed by atoms with Crippen LogP contribution >= 0.6 is 0 Å². The third-order valence-electron chi connectivity index (χ3n) is 5.58. The molecule has 2 fully saturated rings. The molecule has 0 spiro atoms. The summed E-state index contributed by atoms with van der Waals surface area (Å²) in [5, 5.41) is 15.5. The quantitative estimate of drug-likeness (QED) is 0.673. The lowest BCUT2D eigenvalue weighted by Gasteiger charge is -2.33. The van der Waals surface area contributed by atoms with Crippen molar-refractivity contribution in [1.82, 2.24) is 15.5 Å². The van der Waals surface area contributed by atoms with Crippen LogP contribution in [0.1, 0.15) is 58.3 Å². The first kappa shape index (κ1) is 18.5. The fourth-order valence-corrected chi connectivity index (χ4v) is 4.16. The molecule has 2 atom stereocenters. The molecule has 1 saturated heterocycles. The number of carbonyl (C=O) groups is 1. The summed E-state index contributed by atoms with van der Waals surface area (Å²) in [5.41, 5.74) is 0. The maximum atomic E-state index is 12.2. The summed E-state index contributed by atoms with van der Waals surface area (Å²) in [6, 6.07) is 0.0708. The monoisotopic (exact) mass is 325 g/mol. The normalized spacial score (nSPS) is 25.0. The number of aliphatic hydroxyl groups is 1. The van der Waals surface area contributed by atoms with E-state index in [0.29, 0.717) is 18.3 Å². The maximum absolute atomic E-state index is 12.2. The van der Waals surface area contributed by atoms with Crippen molar-refractivity contribution in [2.45, 2.75) is 64.3 Å². The molecule has 0 bridgehead atoms. The van der Waals surface area contributed by atoms with Gasteiger partial charge in [-0.2, -0.15) is 0 Å². The molecular weight excluding hydrogens is 290 g/mol. The van der Waals surface area contributed by atoms with Crippen LogP contribution in [0.2, 0.25) is 0 Å². The Balaban J connectivity index is 1.72. The van der Waals surface area contributed by atoms with Gasteiger partial charge in [0.1, 0.15) is 0 Å². The van der Waals surface area contributed by atoms with Crippen LogP contribution in [-0.2, 0) is 0 Å². The number of carbonyl (C=O) groups excluding carboxylic acids is 1. The highest BCUT2D eigenvalue weighted by Gasteiger charge is 2.25. The number of urea groups is 1. The van der Waals surface area contributed by atoms with Gasteiger partial charge in [-0.05, 0) is 57.0 Å². The smallest absolute Gasteiger partial charge is 0.315 e. The van der Waals surface area contributed by atoms with E-state index in [-0.39, 0.29) is 18.7 Å². The maximum Gasteiger partial charge on any atom is 0.315 e. The van der Waals surface area contributed by atoms with Gasteiger partial charge in [0.2, 0.25) is 0 Å². The molecule has 0 aromatic heterocycles. The van der Waals surface area contributed by atoms with E-state index in [1.165, 1.54) is 51.5 Å². The van der Waals surface area contributed by atoms with Crippen molar-refractivity contribution in [2.75, 3.05) is 32.8 Å². The van der Waals surface area contributed by atoms with Crippen LogP contribution in [0.5, 0.6) is 0 Å². The topological polar surface area (TPSA) is 64.6 Å². The molecule has 23 heavy (non-hydrogen) atoms. The van der Waals surface area contributed by atoms with Crippen LogP contribution in [0.3, 0.4) is 0 Å². The first-order valence-corrected chi connectivity index (χ1v) is 9.60. The van der Waals surface area contributed by atoms with Crippen molar-refractivity contribution >= 4 is 6.03 Å². The molecule has 1 aliphatic heterocycles. The summed E-state index contributed by atoms with van der Waals surface area (Å²) in [6.45, 7) is 6.50. The van der Waals surface area contributed by atoms with Crippen molar-refractivity contribution in [3.63, 3.8) is 0 Å². The lowest BCUT2D eigenvalue weighted by Crippen LogP contribution is -2.48. The van der Waals surface area contributed by atoms with Crippen LogP contribution < -0.4 is 10.6 Å². The van der Waals surface area contributed by atoms with E-state index in [1.54, 1.807) is 0 Å². The number of nitrogens with zero attached hydrogens (tertiary/aromatic N) is 1. The molecular formula is C18H35N3O2. The lowest BCUT2D eigenvalue weighted by molar-refractivity contribution is 0.175. The number of nitrogens with one attached hydrogen (secondary N) is 2. The zero-order valence-electron chi connectivity index (χ0n) is 14.7. The molecule has 2 unspecified atom stereocenters. The van der Waals surface area contributed by atoms with Gasteiger partial charge in [0.15, 0.2) is 0 Å². The zero-order chi connectivity index (χ0) is 16.5. The van der Waals surface area contributed by atoms with E-state index >= 15 is 0 Å². The molecule has 5 nitrogen and oxygen atoms in total. The Morgan fingerprint density at radius 3 is 2.70 bits per heavy atom. The Labute approximate surface area is 141 Å². The average molecular weight is 325 g/mol. The summed E-state index contributed by atoms with van der Waals surface area (Å²) in [6.07, 6.45) is 9.29. The minimum atomic E-state index is -0.0531. The Morgan fingerprint density at radius 2 is 2.00 bits per heavy atom. The largest absolute Gasteiger partial charge is 0.396 e. The van der Waals surface area contributed by atoms with Gasteiger partial charge in [-0.3, -0.25) is 0 Å². The Bertz CT molecular complexity index is 345. The first-order valence-electron chi connectivity index (χ1n) is 9.60. The highest BCUT2D eigenvalue weighted by molar-refractivity contribution is 5.74. The highest BCUT2D eigenvalue weighted by Crippen LogP contribution is 2.27. The molecule has 0 aromatic rings. The van der Waals surface area contributed by atoms with E-state index in [1.807, 2.05) is 0 Å². The number of hydrogen-bond donors (Lipinski definition) is 3. The Kier molecular flexibility index (Phi) is 8.17. The van der Waals surface area contributed by atoms with Crippen molar-refractivity contribution in [2.24, 2.45) is 11.8 Å². The SMILES string of the molecule is CCN1CCCC(CNC(=O)NC(CCO)C2CCCCC2)C1. The third-order valence-corrected chi connectivity index (χ3v) is 5.58. The number of aliphatic hydroxyl groups excluding tert-OH is 1. The molecule has 3 N–H and O–H groups in total. The van der Waals surface area contributed by atoms with Gasteiger partial charge in [0.25, 0.3) is 0 Å². The Hall–Kier alpha value is -0.810. The second kappa shape index (κ2) is 10.1. The van der Waals surface area contributed by atoms with E-state index < -0.39 is 0 Å². The van der Waals surface area contributed by atoms with Crippen molar-refractivity contribution < 1.29 is 9.90 Å². The minimum absolute atomic E-state index is 0.0531. The second-order valence-corrected chi connectivity index (χ2v) is 7.27. The summed E-state index contributed by atoms with van der Waals surface area (Å²) in [7, 11) is 0. The predicted octanol–water partition coefficient (Wildman–Crippen LogP) is 2.35. The summed E-state index contributed by atoms with van der Waals surface area (Å²) in [5.74, 6) is 1.10. The number of rotatable bonds is 7. The second-order valence-electron chi connectivity index (χ2n) is 7.27. The van der Waals surface area contributed by atoms with E-state index in [4.69, 9.17) is 0 Å². The van der Waals surface area contributed by atoms with Gasteiger partial charge >= 0.3 is 6.03 Å². The third kappa shape index (κ3) is 6.30. The zero-order valence-corrected chi connectivity index (χ0v) is 14.7.